The summed E-state index contributed by atoms with van der Waals surface area (Å²) in [7, 11) is -1.73. The smallest absolute Gasteiger partial charge is 0.224 e. The summed E-state index contributed by atoms with van der Waals surface area (Å²) in [5, 5.41) is 13.9. The van der Waals surface area contributed by atoms with Gasteiger partial charge in [-0.05, 0) is 75.5 Å². The molecule has 0 aliphatic heterocycles. The van der Waals surface area contributed by atoms with Crippen LogP contribution in [0.2, 0.25) is 19.6 Å². The van der Waals surface area contributed by atoms with Crippen LogP contribution in [0.4, 0.5) is 0 Å². The summed E-state index contributed by atoms with van der Waals surface area (Å²) in [6.07, 6.45) is 5.42. The van der Waals surface area contributed by atoms with Crippen molar-refractivity contribution < 1.29 is 9.52 Å². The van der Waals surface area contributed by atoms with E-state index in [1.54, 1.807) is 12.5 Å². The highest BCUT2D eigenvalue weighted by Gasteiger charge is 2.30. The van der Waals surface area contributed by atoms with Crippen LogP contribution in [0.5, 0.6) is 5.75 Å². The molecule has 10 aromatic rings. The second-order valence-electron chi connectivity index (χ2n) is 20.1. The lowest BCUT2D eigenvalue weighted by Crippen LogP contribution is -2.37. The number of hydrogen-bond donors (Lipinski definition) is 1. The average molecular weight is 856 g/mol. The van der Waals surface area contributed by atoms with Crippen LogP contribution in [0.25, 0.3) is 89.6 Å². The molecule has 0 spiro atoms. The van der Waals surface area contributed by atoms with Crippen LogP contribution in [-0.4, -0.2) is 37.1 Å². The zero-order valence-electron chi connectivity index (χ0n) is 38.0. The lowest BCUT2D eigenvalue weighted by molar-refractivity contribution is 0.446. The van der Waals surface area contributed by atoms with Crippen LogP contribution in [0.15, 0.2) is 157 Å². The van der Waals surface area contributed by atoms with Crippen molar-refractivity contribution in [1.82, 2.24) is 23.9 Å². The molecule has 0 saturated carbocycles. The Labute approximate surface area is 375 Å². The number of pyridine rings is 1. The van der Waals surface area contributed by atoms with Crippen molar-refractivity contribution in [2.24, 2.45) is 0 Å². The highest BCUT2D eigenvalue weighted by Crippen LogP contribution is 2.46. The Bertz CT molecular complexity index is 3390. The number of imidazole rings is 2. The Balaban J connectivity index is 1.31. The van der Waals surface area contributed by atoms with Crippen molar-refractivity contribution in [3.05, 3.63) is 163 Å². The number of benzene rings is 6. The minimum atomic E-state index is -1.73. The van der Waals surface area contributed by atoms with E-state index in [-0.39, 0.29) is 16.6 Å². The summed E-state index contributed by atoms with van der Waals surface area (Å²) in [5.74, 6) is 0.900. The number of hydrogen-bond acceptors (Lipinski definition) is 5. The van der Waals surface area contributed by atoms with Gasteiger partial charge in [0.1, 0.15) is 17.9 Å². The SMILES string of the molecule is CC(C)(C)c1cc(-c2nc3c(-c4cc(-c5cc(-c6ccccc6)ccn5)cc5c4oc4cncn45)cccc3n2-c2ccc([Si](C)(C)C)cc2-c2ccccc2)c(O)c(C(C)(C)C)c1. The van der Waals surface area contributed by atoms with Gasteiger partial charge in [-0.15, -0.1) is 0 Å². The third-order valence-corrected chi connectivity index (χ3v) is 14.5. The van der Waals surface area contributed by atoms with Gasteiger partial charge in [0.25, 0.3) is 0 Å². The fourth-order valence-electron chi connectivity index (χ4n) is 8.89. The van der Waals surface area contributed by atoms with E-state index in [0.29, 0.717) is 17.1 Å². The molecule has 0 unspecified atom stereocenters. The molecule has 0 fully saturated rings. The molecule has 0 atom stereocenters. The van der Waals surface area contributed by atoms with Crippen molar-refractivity contribution in [3.63, 3.8) is 0 Å². The number of fused-ring (bicyclic) bond motifs is 4. The van der Waals surface area contributed by atoms with E-state index in [9.17, 15) is 5.11 Å². The highest BCUT2D eigenvalue weighted by atomic mass is 28.3. The lowest BCUT2D eigenvalue weighted by atomic mass is 9.79. The Hall–Kier alpha value is -7.03. The largest absolute Gasteiger partial charge is 0.507 e. The first-order valence-corrected chi connectivity index (χ1v) is 25.6. The first-order valence-electron chi connectivity index (χ1n) is 22.1. The summed E-state index contributed by atoms with van der Waals surface area (Å²) >= 11 is 0. The Morgan fingerprint density at radius 2 is 1.34 bits per heavy atom. The second-order valence-corrected chi connectivity index (χ2v) is 25.2. The van der Waals surface area contributed by atoms with E-state index in [2.05, 4.69) is 192 Å². The van der Waals surface area contributed by atoms with E-state index in [4.69, 9.17) is 14.4 Å². The molecule has 64 heavy (non-hydrogen) atoms. The molecular formula is C56H53N5O2Si. The maximum Gasteiger partial charge on any atom is 0.224 e. The quantitative estimate of drug-likeness (QED) is 0.162. The fourth-order valence-corrected chi connectivity index (χ4v) is 10.0. The summed E-state index contributed by atoms with van der Waals surface area (Å²) in [5.41, 5.74) is 15.1. The molecule has 8 heteroatoms. The zero-order chi connectivity index (χ0) is 44.7. The van der Waals surface area contributed by atoms with E-state index < -0.39 is 8.07 Å². The summed E-state index contributed by atoms with van der Waals surface area (Å²) in [4.78, 5) is 15.0. The molecule has 0 bridgehead atoms. The van der Waals surface area contributed by atoms with Gasteiger partial charge < -0.3 is 9.52 Å². The predicted octanol–water partition coefficient (Wildman–Crippen LogP) is 14.0. The third kappa shape index (κ3) is 7.12. The van der Waals surface area contributed by atoms with Crippen LogP contribution in [0.3, 0.4) is 0 Å². The van der Waals surface area contributed by atoms with E-state index in [1.807, 2.05) is 22.7 Å². The fraction of sp³-hybridized carbons (Fsp3) is 0.196. The van der Waals surface area contributed by atoms with Gasteiger partial charge in [-0.2, -0.15) is 0 Å². The number of rotatable bonds is 7. The van der Waals surface area contributed by atoms with Crippen LogP contribution >= 0.6 is 0 Å². The lowest BCUT2D eigenvalue weighted by Gasteiger charge is -2.28. The standard InChI is InChI=1S/C56H53N5O2Si/c1-55(2,3)39-30-44(52(62)45(31-39)56(4,5)6)54-59-51-41(21-16-22-48(51)61(54)47-24-23-40(64(7,8)9)32-42(47)36-19-14-11-15-20-36)43-27-38(29-49-53(43)63-50-33-57-34-60(49)50)46-28-37(25-26-58-46)35-17-12-10-13-18-35/h10-34,62H,1-9H3. The highest BCUT2D eigenvalue weighted by molar-refractivity contribution is 6.88. The molecule has 4 aromatic heterocycles. The number of phenolic OH excluding ortho intramolecular Hbond substituents is 1. The van der Waals surface area contributed by atoms with Gasteiger partial charge in [0.05, 0.1) is 47.8 Å². The Morgan fingerprint density at radius 3 is 2.05 bits per heavy atom. The van der Waals surface area contributed by atoms with Crippen molar-refractivity contribution >= 4 is 41.1 Å². The number of phenols is 1. The molecule has 4 heterocycles. The van der Waals surface area contributed by atoms with E-state index in [0.717, 1.165) is 83.6 Å². The Kier molecular flexibility index (Phi) is 9.65. The van der Waals surface area contributed by atoms with Crippen LogP contribution in [0, 0.1) is 0 Å². The average Bonchev–Trinajstić information content (AvgIpc) is 4.00. The molecular weight excluding hydrogens is 803 g/mol. The second kappa shape index (κ2) is 15.1. The molecule has 318 valence electrons. The van der Waals surface area contributed by atoms with Crippen molar-refractivity contribution in [3.8, 4) is 67.5 Å². The van der Waals surface area contributed by atoms with Crippen LogP contribution in [-0.2, 0) is 10.8 Å². The maximum atomic E-state index is 12.6. The van der Waals surface area contributed by atoms with Crippen molar-refractivity contribution in [1.29, 1.82) is 0 Å². The summed E-state index contributed by atoms with van der Waals surface area (Å²) in [6.45, 7) is 20.3. The predicted molar refractivity (Wildman–Crippen MR) is 267 cm³/mol. The van der Waals surface area contributed by atoms with Crippen molar-refractivity contribution in [2.45, 2.75) is 72.0 Å². The topological polar surface area (TPSA) is 81.4 Å². The minimum Gasteiger partial charge on any atom is -0.507 e. The van der Waals surface area contributed by atoms with Gasteiger partial charge >= 0.3 is 0 Å². The van der Waals surface area contributed by atoms with Gasteiger partial charge in [-0.25, -0.2) is 9.97 Å². The van der Waals surface area contributed by atoms with Crippen LogP contribution in [0.1, 0.15) is 52.7 Å². The summed E-state index contributed by atoms with van der Waals surface area (Å²) < 4.78 is 10.9. The van der Waals surface area contributed by atoms with Gasteiger partial charge in [-0.1, -0.05) is 157 Å². The van der Waals surface area contributed by atoms with E-state index >= 15 is 0 Å². The summed E-state index contributed by atoms with van der Waals surface area (Å²) in [6, 6.07) is 47.2. The number of nitrogens with zero attached hydrogens (tertiary/aromatic N) is 5. The van der Waals surface area contributed by atoms with Gasteiger partial charge in [0, 0.05) is 34.0 Å². The first kappa shape index (κ1) is 41.0. The molecule has 0 aliphatic rings. The molecule has 0 radical (unpaired) electrons. The monoisotopic (exact) mass is 855 g/mol. The van der Waals surface area contributed by atoms with Crippen LogP contribution < -0.4 is 5.19 Å². The number of para-hydroxylation sites is 1. The molecule has 7 nitrogen and oxygen atoms in total. The van der Waals surface area contributed by atoms with Gasteiger partial charge in [0.2, 0.25) is 5.71 Å². The zero-order valence-corrected chi connectivity index (χ0v) is 39.0. The molecule has 6 aromatic carbocycles. The van der Waals surface area contributed by atoms with Gasteiger partial charge in [0.15, 0.2) is 5.58 Å². The number of aromatic nitrogens is 5. The van der Waals surface area contributed by atoms with Crippen molar-refractivity contribution in [2.75, 3.05) is 0 Å². The molecule has 10 rings (SSSR count). The first-order chi connectivity index (χ1) is 30.5. The molecule has 0 aliphatic carbocycles. The third-order valence-electron chi connectivity index (χ3n) is 12.5. The number of aromatic hydroxyl groups is 1. The molecule has 0 amide bonds. The minimum absolute atomic E-state index is 0.200. The Morgan fingerprint density at radius 1 is 0.609 bits per heavy atom. The molecule has 0 saturated heterocycles. The molecule has 1 N–H and O–H groups in total. The normalized spacial score (nSPS) is 12.5. The van der Waals surface area contributed by atoms with Gasteiger partial charge in [-0.3, -0.25) is 14.0 Å². The number of oxazole rings is 1. The van der Waals surface area contributed by atoms with E-state index in [1.165, 1.54) is 5.19 Å². The maximum absolute atomic E-state index is 12.6.